The summed E-state index contributed by atoms with van der Waals surface area (Å²) in [5.74, 6) is 0. The smallest absolute Gasteiger partial charge is 0.125 e. The fraction of sp³-hybridized carbons (Fsp3) is 0.333. The monoisotopic (exact) mass is 272 g/mol. The summed E-state index contributed by atoms with van der Waals surface area (Å²) in [5, 5.41) is 11.8. The lowest BCUT2D eigenvalue weighted by Crippen LogP contribution is -2.22. The van der Waals surface area contributed by atoms with Gasteiger partial charge in [-0.1, -0.05) is 19.1 Å². The summed E-state index contributed by atoms with van der Waals surface area (Å²) in [5.41, 5.74) is 2.29. The first-order chi connectivity index (χ1) is 9.12. The van der Waals surface area contributed by atoms with E-state index in [1.54, 1.807) is 18.4 Å². The molecule has 0 aliphatic carbocycles. The maximum atomic E-state index is 8.79. The van der Waals surface area contributed by atoms with Gasteiger partial charge in [0.15, 0.2) is 0 Å². The molecule has 0 saturated heterocycles. The van der Waals surface area contributed by atoms with Crippen LogP contribution >= 0.6 is 11.3 Å². The number of ether oxygens (including phenoxy) is 1. The van der Waals surface area contributed by atoms with Crippen LogP contribution in [0.4, 0.5) is 0 Å². The number of nitrogens with zero attached hydrogens (tertiary/aromatic N) is 2. The van der Waals surface area contributed by atoms with Crippen molar-refractivity contribution in [2.45, 2.75) is 25.9 Å². The Hall–Kier alpha value is -1.70. The lowest BCUT2D eigenvalue weighted by molar-refractivity contribution is -0.00149. The van der Waals surface area contributed by atoms with Crippen molar-refractivity contribution in [2.24, 2.45) is 0 Å². The van der Waals surface area contributed by atoms with Crippen LogP contribution < -0.4 is 0 Å². The van der Waals surface area contributed by atoms with Crippen LogP contribution in [0.15, 0.2) is 29.6 Å². The highest BCUT2D eigenvalue weighted by Gasteiger charge is 2.27. The SMILES string of the molecule is CCC(C)(OC)c1nc(-c2ccc(C#N)cc2)cs1. The molecule has 0 saturated carbocycles. The maximum absolute atomic E-state index is 8.79. The molecular formula is C15H16N2OS. The molecule has 0 spiro atoms. The van der Waals surface area contributed by atoms with E-state index in [9.17, 15) is 0 Å². The van der Waals surface area contributed by atoms with E-state index in [-0.39, 0.29) is 5.60 Å². The third-order valence-corrected chi connectivity index (χ3v) is 4.48. The second kappa shape index (κ2) is 5.52. The van der Waals surface area contributed by atoms with Gasteiger partial charge in [-0.25, -0.2) is 4.98 Å². The molecule has 1 atom stereocenters. The summed E-state index contributed by atoms with van der Waals surface area (Å²) >= 11 is 1.61. The maximum Gasteiger partial charge on any atom is 0.125 e. The van der Waals surface area contributed by atoms with Gasteiger partial charge in [0, 0.05) is 18.1 Å². The number of nitriles is 1. The molecule has 4 heteroatoms. The molecule has 2 rings (SSSR count). The molecular weight excluding hydrogens is 256 g/mol. The number of benzene rings is 1. The summed E-state index contributed by atoms with van der Waals surface area (Å²) < 4.78 is 5.56. The second-order valence-electron chi connectivity index (χ2n) is 4.52. The van der Waals surface area contributed by atoms with E-state index in [1.165, 1.54) is 0 Å². The quantitative estimate of drug-likeness (QED) is 0.846. The molecule has 0 aliphatic rings. The summed E-state index contributed by atoms with van der Waals surface area (Å²) in [6.45, 7) is 4.14. The van der Waals surface area contributed by atoms with Gasteiger partial charge in [0.25, 0.3) is 0 Å². The van der Waals surface area contributed by atoms with Crippen molar-refractivity contribution in [2.75, 3.05) is 7.11 Å². The highest BCUT2D eigenvalue weighted by molar-refractivity contribution is 7.10. The molecule has 2 aromatic rings. The van der Waals surface area contributed by atoms with Gasteiger partial charge in [-0.15, -0.1) is 11.3 Å². The number of hydrogen-bond donors (Lipinski definition) is 0. The Morgan fingerprint density at radius 1 is 1.37 bits per heavy atom. The zero-order valence-electron chi connectivity index (χ0n) is 11.3. The molecule has 0 radical (unpaired) electrons. The van der Waals surface area contributed by atoms with Crippen molar-refractivity contribution in [3.05, 3.63) is 40.2 Å². The highest BCUT2D eigenvalue weighted by Crippen LogP contribution is 2.33. The van der Waals surface area contributed by atoms with Gasteiger partial charge in [-0.2, -0.15) is 5.26 Å². The Labute approximate surface area is 117 Å². The van der Waals surface area contributed by atoms with Crippen molar-refractivity contribution in [1.82, 2.24) is 4.98 Å². The van der Waals surface area contributed by atoms with E-state index in [0.717, 1.165) is 22.7 Å². The molecule has 0 amide bonds. The minimum atomic E-state index is -0.324. The van der Waals surface area contributed by atoms with E-state index in [0.29, 0.717) is 5.56 Å². The minimum Gasteiger partial charge on any atom is -0.371 e. The summed E-state index contributed by atoms with van der Waals surface area (Å²) in [6.07, 6.45) is 0.879. The molecule has 1 heterocycles. The number of methoxy groups -OCH3 is 1. The molecule has 0 fully saturated rings. The topological polar surface area (TPSA) is 45.9 Å². The largest absolute Gasteiger partial charge is 0.371 e. The van der Waals surface area contributed by atoms with Crippen LogP contribution in [0, 0.1) is 11.3 Å². The summed E-state index contributed by atoms with van der Waals surface area (Å²) in [4.78, 5) is 4.66. The van der Waals surface area contributed by atoms with Gasteiger partial charge in [0.05, 0.1) is 17.3 Å². The number of aromatic nitrogens is 1. The highest BCUT2D eigenvalue weighted by atomic mass is 32.1. The molecule has 0 N–H and O–H groups in total. The molecule has 19 heavy (non-hydrogen) atoms. The second-order valence-corrected chi connectivity index (χ2v) is 5.37. The Bertz CT molecular complexity index is 591. The van der Waals surface area contributed by atoms with Crippen LogP contribution in [-0.4, -0.2) is 12.1 Å². The van der Waals surface area contributed by atoms with E-state index in [1.807, 2.05) is 36.6 Å². The standard InChI is InChI=1S/C15H16N2OS/c1-4-15(2,18-3)14-17-13(10-19-14)12-7-5-11(9-16)6-8-12/h5-8,10H,4H2,1-3H3. The van der Waals surface area contributed by atoms with Crippen molar-refractivity contribution in [3.63, 3.8) is 0 Å². The molecule has 0 aliphatic heterocycles. The molecule has 1 aromatic carbocycles. The minimum absolute atomic E-state index is 0.324. The van der Waals surface area contributed by atoms with Gasteiger partial charge in [-0.3, -0.25) is 0 Å². The zero-order valence-corrected chi connectivity index (χ0v) is 12.1. The van der Waals surface area contributed by atoms with E-state index in [2.05, 4.69) is 18.0 Å². The number of hydrogen-bond acceptors (Lipinski definition) is 4. The first kappa shape index (κ1) is 13.7. The average molecular weight is 272 g/mol. The first-order valence-electron chi connectivity index (χ1n) is 6.14. The number of thiazole rings is 1. The van der Waals surface area contributed by atoms with Crippen molar-refractivity contribution >= 4 is 11.3 Å². The van der Waals surface area contributed by atoms with Crippen molar-refractivity contribution < 1.29 is 4.74 Å². The Balaban J connectivity index is 2.33. The van der Waals surface area contributed by atoms with Crippen molar-refractivity contribution in [1.29, 1.82) is 5.26 Å². The lowest BCUT2D eigenvalue weighted by atomic mass is 10.0. The van der Waals surface area contributed by atoms with Crippen LogP contribution in [-0.2, 0) is 10.3 Å². The Morgan fingerprint density at radius 2 is 2.05 bits per heavy atom. The van der Waals surface area contributed by atoms with Gasteiger partial charge in [0.1, 0.15) is 10.6 Å². The van der Waals surface area contributed by atoms with Gasteiger partial charge < -0.3 is 4.74 Å². The lowest BCUT2D eigenvalue weighted by Gasteiger charge is -2.23. The van der Waals surface area contributed by atoms with Gasteiger partial charge in [-0.05, 0) is 25.5 Å². The normalized spacial score (nSPS) is 13.8. The average Bonchev–Trinajstić information content (AvgIpc) is 2.97. The fourth-order valence-corrected chi connectivity index (χ4v) is 2.79. The molecule has 98 valence electrons. The third kappa shape index (κ3) is 2.67. The van der Waals surface area contributed by atoms with Crippen LogP contribution in [0.3, 0.4) is 0 Å². The van der Waals surface area contributed by atoms with Crippen LogP contribution in [0.25, 0.3) is 11.3 Å². The van der Waals surface area contributed by atoms with Crippen LogP contribution in [0.2, 0.25) is 0 Å². The molecule has 1 aromatic heterocycles. The van der Waals surface area contributed by atoms with Gasteiger partial charge >= 0.3 is 0 Å². The fourth-order valence-electron chi connectivity index (χ4n) is 1.75. The third-order valence-electron chi connectivity index (χ3n) is 3.39. The van der Waals surface area contributed by atoms with Gasteiger partial charge in [0.2, 0.25) is 0 Å². The van der Waals surface area contributed by atoms with E-state index in [4.69, 9.17) is 10.00 Å². The molecule has 3 nitrogen and oxygen atoms in total. The predicted octanol–water partition coefficient (Wildman–Crippen LogP) is 3.95. The summed E-state index contributed by atoms with van der Waals surface area (Å²) in [6, 6.07) is 9.58. The zero-order chi connectivity index (χ0) is 13.9. The number of rotatable bonds is 4. The Kier molecular flexibility index (Phi) is 3.98. The van der Waals surface area contributed by atoms with Crippen molar-refractivity contribution in [3.8, 4) is 17.3 Å². The van der Waals surface area contributed by atoms with E-state index < -0.39 is 0 Å². The van der Waals surface area contributed by atoms with Crippen LogP contribution in [0.1, 0.15) is 30.8 Å². The summed E-state index contributed by atoms with van der Waals surface area (Å²) in [7, 11) is 1.71. The Morgan fingerprint density at radius 3 is 2.58 bits per heavy atom. The molecule has 1 unspecified atom stereocenters. The predicted molar refractivity (Wildman–Crippen MR) is 76.9 cm³/mol. The molecule has 0 bridgehead atoms. The first-order valence-corrected chi connectivity index (χ1v) is 7.02. The van der Waals surface area contributed by atoms with E-state index >= 15 is 0 Å². The van der Waals surface area contributed by atoms with Crippen LogP contribution in [0.5, 0.6) is 0 Å².